The number of carbonyl (C=O) groups excluding carboxylic acids is 1. The second-order valence-electron chi connectivity index (χ2n) is 8.02. The van der Waals surface area contributed by atoms with Crippen LogP contribution >= 0.6 is 0 Å². The van der Waals surface area contributed by atoms with Crippen LogP contribution in [0.25, 0.3) is 27.9 Å². The van der Waals surface area contributed by atoms with E-state index >= 15 is 0 Å². The first-order valence-electron chi connectivity index (χ1n) is 10.5. The Hall–Kier alpha value is -4.19. The number of aryl methyl sites for hydroxylation is 2. The van der Waals surface area contributed by atoms with Crippen molar-refractivity contribution < 1.29 is 4.79 Å². The van der Waals surface area contributed by atoms with Gasteiger partial charge in [0.05, 0.1) is 16.7 Å². The molecular weight excluding hydrogens is 398 g/mol. The minimum Gasteiger partial charge on any atom is -0.384 e. The molecule has 0 aliphatic heterocycles. The average Bonchev–Trinajstić information content (AvgIpc) is 3.06. The zero-order chi connectivity index (χ0) is 22.4. The minimum atomic E-state index is -0.315. The molecule has 0 aliphatic rings. The van der Waals surface area contributed by atoms with Gasteiger partial charge >= 0.3 is 0 Å². The molecule has 0 spiro atoms. The Balaban J connectivity index is 1.77. The van der Waals surface area contributed by atoms with Gasteiger partial charge in [-0.15, -0.1) is 0 Å². The van der Waals surface area contributed by atoms with E-state index in [4.69, 9.17) is 15.7 Å². The average molecular weight is 422 g/mol. The molecule has 0 fully saturated rings. The van der Waals surface area contributed by atoms with E-state index in [1.165, 1.54) is 0 Å². The second kappa shape index (κ2) is 7.50. The van der Waals surface area contributed by atoms with Crippen LogP contribution < -0.4 is 11.1 Å². The smallest absolute Gasteiger partial charge is 0.261 e. The van der Waals surface area contributed by atoms with Gasteiger partial charge in [0, 0.05) is 5.69 Å². The van der Waals surface area contributed by atoms with E-state index < -0.39 is 0 Å². The molecule has 0 saturated heterocycles. The molecule has 3 N–H and O–H groups in total. The predicted octanol–water partition coefficient (Wildman–Crippen LogP) is 5.33. The first-order valence-corrected chi connectivity index (χ1v) is 10.5. The molecular formula is C26H23N5O. The molecule has 2 aromatic heterocycles. The summed E-state index contributed by atoms with van der Waals surface area (Å²) < 4.78 is 1.83. The van der Waals surface area contributed by atoms with Crippen molar-refractivity contribution in [1.82, 2.24) is 14.5 Å². The largest absolute Gasteiger partial charge is 0.384 e. The highest BCUT2D eigenvalue weighted by Gasteiger charge is 2.25. The van der Waals surface area contributed by atoms with Crippen LogP contribution in [-0.4, -0.2) is 20.4 Å². The Kier molecular flexibility index (Phi) is 4.63. The number of nitrogens with two attached hydrogens (primary N) is 1. The number of amides is 1. The van der Waals surface area contributed by atoms with E-state index in [0.29, 0.717) is 33.7 Å². The van der Waals surface area contributed by atoms with Crippen LogP contribution in [0.1, 0.15) is 27.0 Å². The van der Waals surface area contributed by atoms with Crippen LogP contribution in [0, 0.1) is 20.8 Å². The monoisotopic (exact) mass is 421 g/mol. The summed E-state index contributed by atoms with van der Waals surface area (Å²) in [5, 5.41) is 2.96. The minimum absolute atomic E-state index is 0.314. The highest BCUT2D eigenvalue weighted by molar-refractivity contribution is 6.16. The summed E-state index contributed by atoms with van der Waals surface area (Å²) in [4.78, 5) is 23.0. The van der Waals surface area contributed by atoms with Crippen LogP contribution in [0.2, 0.25) is 0 Å². The van der Waals surface area contributed by atoms with Crippen molar-refractivity contribution in [2.75, 3.05) is 11.1 Å². The van der Waals surface area contributed by atoms with Crippen molar-refractivity contribution in [3.05, 3.63) is 89.0 Å². The number of para-hydroxylation sites is 2. The van der Waals surface area contributed by atoms with E-state index in [-0.39, 0.29) is 5.91 Å². The lowest BCUT2D eigenvalue weighted by atomic mass is 10.1. The Morgan fingerprint density at radius 3 is 2.28 bits per heavy atom. The third-order valence-electron chi connectivity index (χ3n) is 5.85. The number of benzene rings is 3. The number of nitrogens with zero attached hydrogens (tertiary/aromatic N) is 3. The number of carbonyl (C=O) groups is 1. The van der Waals surface area contributed by atoms with Crippen molar-refractivity contribution in [2.45, 2.75) is 20.8 Å². The van der Waals surface area contributed by atoms with Crippen molar-refractivity contribution in [3.8, 4) is 5.69 Å². The number of hydrogen-bond acceptors (Lipinski definition) is 4. The molecule has 158 valence electrons. The van der Waals surface area contributed by atoms with Crippen molar-refractivity contribution in [2.24, 2.45) is 0 Å². The fourth-order valence-electron chi connectivity index (χ4n) is 3.94. The van der Waals surface area contributed by atoms with Gasteiger partial charge in [0.15, 0.2) is 5.65 Å². The summed E-state index contributed by atoms with van der Waals surface area (Å²) in [6.45, 7) is 6.09. The van der Waals surface area contributed by atoms with Gasteiger partial charge in [-0.25, -0.2) is 9.97 Å². The highest BCUT2D eigenvalue weighted by Crippen LogP contribution is 2.33. The molecule has 0 radical (unpaired) electrons. The topological polar surface area (TPSA) is 85.8 Å². The van der Waals surface area contributed by atoms with E-state index in [1.807, 2.05) is 92.1 Å². The Labute approximate surface area is 185 Å². The lowest BCUT2D eigenvalue weighted by molar-refractivity contribution is 0.102. The van der Waals surface area contributed by atoms with Gasteiger partial charge in [-0.3, -0.25) is 9.36 Å². The zero-order valence-electron chi connectivity index (χ0n) is 18.2. The molecule has 2 heterocycles. The number of aromatic nitrogens is 3. The van der Waals surface area contributed by atoms with Gasteiger partial charge < -0.3 is 11.1 Å². The number of nitrogens with one attached hydrogen (secondary N) is 1. The maximum Gasteiger partial charge on any atom is 0.261 e. The standard InChI is InChI=1S/C26H23N5O/c1-15-11-13-18(14-12-15)28-26(32)22-23-25(30-20-9-5-4-8-19(20)29-23)31(24(22)27)21-10-6-7-16(2)17(21)3/h4-14H,27H2,1-3H3,(H,28,32). The molecule has 6 heteroatoms. The molecule has 0 aliphatic carbocycles. The summed E-state index contributed by atoms with van der Waals surface area (Å²) >= 11 is 0. The number of anilines is 2. The summed E-state index contributed by atoms with van der Waals surface area (Å²) in [5.41, 5.74) is 14.3. The Bertz CT molecular complexity index is 1500. The maximum atomic E-state index is 13.4. The van der Waals surface area contributed by atoms with Gasteiger partial charge in [0.25, 0.3) is 5.91 Å². The van der Waals surface area contributed by atoms with Crippen LogP contribution in [0.4, 0.5) is 11.5 Å². The number of nitrogen functional groups attached to an aromatic ring is 1. The molecule has 0 saturated carbocycles. The van der Waals surface area contributed by atoms with Gasteiger partial charge in [0.2, 0.25) is 0 Å². The Morgan fingerprint density at radius 1 is 0.875 bits per heavy atom. The zero-order valence-corrected chi connectivity index (χ0v) is 18.2. The first kappa shape index (κ1) is 19.8. The lowest BCUT2D eigenvalue weighted by Gasteiger charge is -2.13. The Morgan fingerprint density at radius 2 is 1.56 bits per heavy atom. The van der Waals surface area contributed by atoms with Crippen molar-refractivity contribution in [3.63, 3.8) is 0 Å². The number of fused-ring (bicyclic) bond motifs is 2. The molecule has 6 nitrogen and oxygen atoms in total. The number of hydrogen-bond donors (Lipinski definition) is 2. The third-order valence-corrected chi connectivity index (χ3v) is 5.85. The molecule has 0 unspecified atom stereocenters. The van der Waals surface area contributed by atoms with Gasteiger partial charge in [-0.2, -0.15) is 0 Å². The van der Waals surface area contributed by atoms with E-state index in [9.17, 15) is 4.79 Å². The summed E-state index contributed by atoms with van der Waals surface area (Å²) in [6.07, 6.45) is 0. The first-order chi connectivity index (χ1) is 15.4. The van der Waals surface area contributed by atoms with E-state index in [1.54, 1.807) is 0 Å². The predicted molar refractivity (Wildman–Crippen MR) is 129 cm³/mol. The molecule has 0 bridgehead atoms. The van der Waals surface area contributed by atoms with Gasteiger partial charge in [0.1, 0.15) is 16.9 Å². The molecule has 1 amide bonds. The molecule has 5 rings (SSSR count). The summed E-state index contributed by atoms with van der Waals surface area (Å²) in [6, 6.07) is 21.3. The van der Waals surface area contributed by atoms with Crippen LogP contribution in [0.15, 0.2) is 66.7 Å². The normalized spacial score (nSPS) is 11.2. The third kappa shape index (κ3) is 3.17. The second-order valence-corrected chi connectivity index (χ2v) is 8.02. The lowest BCUT2D eigenvalue weighted by Crippen LogP contribution is -2.14. The van der Waals surface area contributed by atoms with Crippen LogP contribution in [0.3, 0.4) is 0 Å². The van der Waals surface area contributed by atoms with E-state index in [0.717, 1.165) is 27.9 Å². The highest BCUT2D eigenvalue weighted by atomic mass is 16.1. The fourth-order valence-corrected chi connectivity index (χ4v) is 3.94. The number of rotatable bonds is 3. The van der Waals surface area contributed by atoms with Gasteiger partial charge in [-0.1, -0.05) is 42.0 Å². The molecule has 32 heavy (non-hydrogen) atoms. The molecule has 3 aromatic carbocycles. The van der Waals surface area contributed by atoms with E-state index in [2.05, 4.69) is 5.32 Å². The van der Waals surface area contributed by atoms with Crippen LogP contribution in [0.5, 0.6) is 0 Å². The molecule has 0 atom stereocenters. The molecule has 5 aromatic rings. The summed E-state index contributed by atoms with van der Waals surface area (Å²) in [5.74, 6) is -0.00129. The van der Waals surface area contributed by atoms with Crippen LogP contribution in [-0.2, 0) is 0 Å². The van der Waals surface area contributed by atoms with Crippen molar-refractivity contribution in [1.29, 1.82) is 0 Å². The fraction of sp³-hybridized carbons (Fsp3) is 0.115. The maximum absolute atomic E-state index is 13.4. The SMILES string of the molecule is Cc1ccc(NC(=O)c2c(N)n(-c3cccc(C)c3C)c3nc4ccccc4nc23)cc1. The van der Waals surface area contributed by atoms with Crippen molar-refractivity contribution >= 4 is 39.6 Å². The quantitative estimate of drug-likeness (QED) is 0.412. The summed E-state index contributed by atoms with van der Waals surface area (Å²) in [7, 11) is 0. The van der Waals surface area contributed by atoms with Gasteiger partial charge in [-0.05, 0) is 62.2 Å².